The first-order valence-corrected chi connectivity index (χ1v) is 13.9. The predicted molar refractivity (Wildman–Crippen MR) is 169 cm³/mol. The van der Waals surface area contributed by atoms with Crippen molar-refractivity contribution in [3.63, 3.8) is 0 Å². The van der Waals surface area contributed by atoms with Gasteiger partial charge in [0.15, 0.2) is 5.84 Å². The summed E-state index contributed by atoms with van der Waals surface area (Å²) in [5, 5.41) is 5.14. The van der Waals surface area contributed by atoms with Crippen LogP contribution in [0.4, 0.5) is 0 Å². The van der Waals surface area contributed by atoms with Crippen LogP contribution >= 0.6 is 0 Å². The minimum Gasteiger partial charge on any atom is -0.232 e. The van der Waals surface area contributed by atoms with Gasteiger partial charge >= 0.3 is 0 Å². The Morgan fingerprint density at radius 2 is 1.10 bits per heavy atom. The number of aliphatic imine (C=N–C) groups is 2. The van der Waals surface area contributed by atoms with E-state index >= 15 is 0 Å². The molecule has 0 N–H and O–H groups in total. The molecule has 0 radical (unpaired) electrons. The van der Waals surface area contributed by atoms with E-state index in [1.807, 2.05) is 12.1 Å². The second-order valence-corrected chi connectivity index (χ2v) is 10.5. The molecule has 0 bridgehead atoms. The fourth-order valence-corrected chi connectivity index (χ4v) is 6.21. The van der Waals surface area contributed by atoms with Gasteiger partial charge in [-0.2, -0.15) is 0 Å². The van der Waals surface area contributed by atoms with Crippen LogP contribution < -0.4 is 0 Å². The van der Waals surface area contributed by atoms with Crippen LogP contribution in [0.5, 0.6) is 0 Å². The Morgan fingerprint density at radius 3 is 1.82 bits per heavy atom. The second-order valence-electron chi connectivity index (χ2n) is 10.5. The largest absolute Gasteiger partial charge is 0.232 e. The second kappa shape index (κ2) is 9.29. The van der Waals surface area contributed by atoms with Gasteiger partial charge in [0.25, 0.3) is 0 Å². The van der Waals surface area contributed by atoms with Crippen molar-refractivity contribution >= 4 is 38.8 Å². The van der Waals surface area contributed by atoms with E-state index in [1.165, 1.54) is 49.4 Å². The number of allylic oxidation sites excluding steroid dienone is 1. The van der Waals surface area contributed by atoms with Gasteiger partial charge in [0.2, 0.25) is 0 Å². The highest BCUT2D eigenvalue weighted by atomic mass is 14.9. The SMILES string of the molecule is C1=C(c2ccccc2)N=C(c2ccccc2)N=C(c2ccc3c4c(cccc24)-c2cc4ccccc4cc2-3)CC1. The van der Waals surface area contributed by atoms with Gasteiger partial charge < -0.3 is 0 Å². The lowest BCUT2D eigenvalue weighted by Gasteiger charge is -2.15. The molecule has 0 saturated heterocycles. The van der Waals surface area contributed by atoms with Crippen LogP contribution in [0, 0.1) is 0 Å². The van der Waals surface area contributed by atoms with Crippen molar-refractivity contribution in [2.45, 2.75) is 12.8 Å². The summed E-state index contributed by atoms with van der Waals surface area (Å²) in [6.45, 7) is 0. The summed E-state index contributed by atoms with van der Waals surface area (Å²) in [5.74, 6) is 0.753. The summed E-state index contributed by atoms with van der Waals surface area (Å²) in [4.78, 5) is 10.4. The number of hydrogen-bond acceptors (Lipinski definition) is 2. The number of benzene rings is 6. The lowest BCUT2D eigenvalue weighted by molar-refractivity contribution is 1.09. The quantitative estimate of drug-likeness (QED) is 0.226. The summed E-state index contributed by atoms with van der Waals surface area (Å²) in [7, 11) is 0. The van der Waals surface area contributed by atoms with Gasteiger partial charge in [-0.15, -0.1) is 0 Å². The van der Waals surface area contributed by atoms with Gasteiger partial charge in [0, 0.05) is 11.1 Å². The number of rotatable bonds is 3. The van der Waals surface area contributed by atoms with Crippen LogP contribution in [-0.4, -0.2) is 11.5 Å². The van der Waals surface area contributed by atoms with Crippen molar-refractivity contribution in [2.24, 2.45) is 9.98 Å². The molecule has 40 heavy (non-hydrogen) atoms. The molecule has 8 rings (SSSR count). The molecule has 1 aliphatic heterocycles. The Hall–Kier alpha value is -5.08. The summed E-state index contributed by atoms with van der Waals surface area (Å²) in [6.07, 6.45) is 3.98. The zero-order chi connectivity index (χ0) is 26.5. The molecular formula is C38H26N2. The van der Waals surface area contributed by atoms with E-state index in [9.17, 15) is 0 Å². The molecule has 6 aromatic rings. The van der Waals surface area contributed by atoms with Gasteiger partial charge in [-0.3, -0.25) is 0 Å². The summed E-state index contributed by atoms with van der Waals surface area (Å²) in [6, 6.07) is 45.4. The fraction of sp³-hybridized carbons (Fsp3) is 0.0526. The van der Waals surface area contributed by atoms with E-state index in [4.69, 9.17) is 9.98 Å². The van der Waals surface area contributed by atoms with Crippen LogP contribution in [0.1, 0.15) is 29.5 Å². The van der Waals surface area contributed by atoms with Crippen LogP contribution in [0.3, 0.4) is 0 Å². The van der Waals surface area contributed by atoms with Gasteiger partial charge in [-0.1, -0.05) is 121 Å². The van der Waals surface area contributed by atoms with E-state index in [0.717, 1.165) is 41.2 Å². The van der Waals surface area contributed by atoms with E-state index in [1.54, 1.807) is 0 Å². The molecule has 6 aromatic carbocycles. The first-order chi connectivity index (χ1) is 19.8. The van der Waals surface area contributed by atoms with Gasteiger partial charge in [-0.25, -0.2) is 9.98 Å². The summed E-state index contributed by atoms with van der Waals surface area (Å²) in [5.41, 5.74) is 10.6. The molecule has 1 aliphatic carbocycles. The third kappa shape index (κ3) is 3.72. The summed E-state index contributed by atoms with van der Waals surface area (Å²) < 4.78 is 0. The van der Waals surface area contributed by atoms with E-state index in [2.05, 4.69) is 121 Å². The van der Waals surface area contributed by atoms with Crippen molar-refractivity contribution in [1.29, 1.82) is 0 Å². The average Bonchev–Trinajstić information content (AvgIpc) is 3.31. The number of fused-ring (bicyclic) bond motifs is 4. The first kappa shape index (κ1) is 22.9. The molecule has 0 aromatic heterocycles. The van der Waals surface area contributed by atoms with E-state index in [0.29, 0.717) is 0 Å². The molecule has 188 valence electrons. The first-order valence-electron chi connectivity index (χ1n) is 13.9. The maximum Gasteiger partial charge on any atom is 0.160 e. The zero-order valence-corrected chi connectivity index (χ0v) is 22.0. The molecule has 0 fully saturated rings. The predicted octanol–water partition coefficient (Wildman–Crippen LogP) is 9.71. The Bertz CT molecular complexity index is 1980. The minimum absolute atomic E-state index is 0.753. The molecule has 1 heterocycles. The van der Waals surface area contributed by atoms with Crippen LogP contribution in [0.2, 0.25) is 0 Å². The highest BCUT2D eigenvalue weighted by Gasteiger charge is 2.24. The summed E-state index contributed by atoms with van der Waals surface area (Å²) >= 11 is 0. The monoisotopic (exact) mass is 510 g/mol. The van der Waals surface area contributed by atoms with Crippen LogP contribution in [0.25, 0.3) is 49.5 Å². The standard InChI is InChI=1S/C38H26N2/c1-3-11-25(12-4-1)35-19-10-20-36(40-38(39-35)26-13-5-2-6-14-26)29-21-22-32-34-24-28-16-8-7-15-27(28)23-33(34)31-18-9-17-30(29)37(31)32/h1-9,11-19,21-24H,10,20H2. The molecule has 0 amide bonds. The van der Waals surface area contributed by atoms with Gasteiger partial charge in [0.1, 0.15) is 0 Å². The highest BCUT2D eigenvalue weighted by Crippen LogP contribution is 2.49. The lowest BCUT2D eigenvalue weighted by Crippen LogP contribution is -2.10. The molecule has 0 spiro atoms. The van der Waals surface area contributed by atoms with Crippen molar-refractivity contribution in [3.05, 3.63) is 150 Å². The van der Waals surface area contributed by atoms with Crippen molar-refractivity contribution in [1.82, 2.24) is 0 Å². The average molecular weight is 511 g/mol. The van der Waals surface area contributed by atoms with Crippen molar-refractivity contribution in [3.8, 4) is 22.3 Å². The van der Waals surface area contributed by atoms with E-state index in [-0.39, 0.29) is 0 Å². The Morgan fingerprint density at radius 1 is 0.475 bits per heavy atom. The lowest BCUT2D eigenvalue weighted by atomic mass is 9.93. The Kier molecular flexibility index (Phi) is 5.31. The Balaban J connectivity index is 1.31. The van der Waals surface area contributed by atoms with Gasteiger partial charge in [0.05, 0.1) is 11.4 Å². The minimum atomic E-state index is 0.753. The van der Waals surface area contributed by atoms with Crippen LogP contribution in [0.15, 0.2) is 143 Å². The number of hydrogen-bond donors (Lipinski definition) is 0. The molecule has 0 saturated carbocycles. The normalized spacial score (nSPS) is 14.2. The van der Waals surface area contributed by atoms with Crippen molar-refractivity contribution < 1.29 is 0 Å². The van der Waals surface area contributed by atoms with Crippen LogP contribution in [-0.2, 0) is 0 Å². The number of amidine groups is 1. The molecule has 0 atom stereocenters. The topological polar surface area (TPSA) is 24.7 Å². The number of nitrogens with zero attached hydrogens (tertiary/aromatic N) is 2. The smallest absolute Gasteiger partial charge is 0.160 e. The maximum absolute atomic E-state index is 5.30. The molecular weight excluding hydrogens is 484 g/mol. The Labute approximate surface area is 233 Å². The third-order valence-electron chi connectivity index (χ3n) is 8.11. The molecule has 0 unspecified atom stereocenters. The zero-order valence-electron chi connectivity index (χ0n) is 22.0. The molecule has 2 heteroatoms. The molecule has 2 aliphatic rings. The highest BCUT2D eigenvalue weighted by molar-refractivity contribution is 6.24. The van der Waals surface area contributed by atoms with Gasteiger partial charge in [-0.05, 0) is 74.3 Å². The maximum atomic E-state index is 5.30. The third-order valence-corrected chi connectivity index (χ3v) is 8.11. The molecule has 2 nitrogen and oxygen atoms in total. The van der Waals surface area contributed by atoms with Crippen molar-refractivity contribution in [2.75, 3.05) is 0 Å². The van der Waals surface area contributed by atoms with E-state index < -0.39 is 0 Å². The fourth-order valence-electron chi connectivity index (χ4n) is 6.21.